The number of carbonyl (C=O) groups excluding carboxylic acids is 2. The lowest BCUT2D eigenvalue weighted by molar-refractivity contribution is -0.114. The molecule has 1 fully saturated rings. The van der Waals surface area contributed by atoms with E-state index in [-0.39, 0.29) is 18.4 Å². The highest BCUT2D eigenvalue weighted by molar-refractivity contribution is 5.95. The number of anilines is 2. The van der Waals surface area contributed by atoms with E-state index in [1.807, 2.05) is 54.6 Å². The third-order valence-corrected chi connectivity index (χ3v) is 4.79. The lowest BCUT2D eigenvalue weighted by atomic mass is 10.1. The normalized spacial score (nSPS) is 12.8. The van der Waals surface area contributed by atoms with Crippen molar-refractivity contribution in [1.82, 2.24) is 5.32 Å². The van der Waals surface area contributed by atoms with Gasteiger partial charge in [-0.1, -0.05) is 42.5 Å². The Balaban J connectivity index is 1.27. The molecule has 0 aromatic heterocycles. The quantitative estimate of drug-likeness (QED) is 0.568. The first kappa shape index (κ1) is 18.7. The van der Waals surface area contributed by atoms with Crippen molar-refractivity contribution >= 4 is 23.2 Å². The van der Waals surface area contributed by atoms with E-state index >= 15 is 0 Å². The summed E-state index contributed by atoms with van der Waals surface area (Å²) in [7, 11) is 0. The first-order chi connectivity index (χ1) is 14.2. The molecule has 3 aromatic rings. The minimum Gasteiger partial charge on any atom is -0.376 e. The van der Waals surface area contributed by atoms with Crippen molar-refractivity contribution in [2.75, 3.05) is 17.2 Å². The number of hydrogen-bond donors (Lipinski definition) is 3. The molecular formula is C24H23N3O2. The van der Waals surface area contributed by atoms with Crippen LogP contribution in [-0.4, -0.2) is 24.4 Å². The van der Waals surface area contributed by atoms with Crippen molar-refractivity contribution in [3.05, 3.63) is 84.4 Å². The standard InChI is InChI=1S/C24H23N3O2/c28-23(26-21-12-6-18(7-13-21)17-4-2-1-3-5-17)16-25-20-10-8-19(9-11-20)24(29)27-22-14-15-22/h1-13,22,25H,14-16H2,(H,26,28)(H,27,29). The molecule has 3 aromatic carbocycles. The Kier molecular flexibility index (Phi) is 5.56. The summed E-state index contributed by atoms with van der Waals surface area (Å²) in [5.74, 6) is -0.177. The Bertz CT molecular complexity index is 979. The Hall–Kier alpha value is -3.60. The van der Waals surface area contributed by atoms with Crippen molar-refractivity contribution in [3.8, 4) is 11.1 Å². The second-order valence-electron chi connectivity index (χ2n) is 7.17. The van der Waals surface area contributed by atoms with Crippen molar-refractivity contribution in [1.29, 1.82) is 0 Å². The van der Waals surface area contributed by atoms with Crippen LogP contribution in [0.15, 0.2) is 78.9 Å². The van der Waals surface area contributed by atoms with E-state index in [9.17, 15) is 9.59 Å². The van der Waals surface area contributed by atoms with E-state index in [1.54, 1.807) is 12.1 Å². The summed E-state index contributed by atoms with van der Waals surface area (Å²) in [5, 5.41) is 8.92. The molecule has 0 bridgehead atoms. The van der Waals surface area contributed by atoms with Gasteiger partial charge in [-0.05, 0) is 60.4 Å². The largest absolute Gasteiger partial charge is 0.376 e. The van der Waals surface area contributed by atoms with Gasteiger partial charge in [-0.2, -0.15) is 0 Å². The monoisotopic (exact) mass is 385 g/mol. The van der Waals surface area contributed by atoms with Crippen LogP contribution in [0.2, 0.25) is 0 Å². The average molecular weight is 385 g/mol. The predicted molar refractivity (Wildman–Crippen MR) is 116 cm³/mol. The predicted octanol–water partition coefficient (Wildman–Crippen LogP) is 4.30. The molecule has 29 heavy (non-hydrogen) atoms. The lowest BCUT2D eigenvalue weighted by Gasteiger charge is -2.09. The van der Waals surface area contributed by atoms with Crippen LogP contribution in [0.3, 0.4) is 0 Å². The zero-order valence-corrected chi connectivity index (χ0v) is 16.0. The molecule has 4 rings (SSSR count). The van der Waals surface area contributed by atoms with Crippen LogP contribution < -0.4 is 16.0 Å². The van der Waals surface area contributed by atoms with Crippen LogP contribution >= 0.6 is 0 Å². The summed E-state index contributed by atoms with van der Waals surface area (Å²) in [6.07, 6.45) is 2.13. The van der Waals surface area contributed by atoms with Gasteiger partial charge in [-0.3, -0.25) is 9.59 Å². The Morgan fingerprint density at radius 2 is 1.38 bits per heavy atom. The molecule has 5 heteroatoms. The lowest BCUT2D eigenvalue weighted by Crippen LogP contribution is -2.25. The average Bonchev–Trinajstić information content (AvgIpc) is 3.58. The third-order valence-electron chi connectivity index (χ3n) is 4.79. The van der Waals surface area contributed by atoms with E-state index < -0.39 is 0 Å². The van der Waals surface area contributed by atoms with Crippen molar-refractivity contribution in [2.24, 2.45) is 0 Å². The molecular weight excluding hydrogens is 362 g/mol. The van der Waals surface area contributed by atoms with Gasteiger partial charge in [0.25, 0.3) is 5.91 Å². The van der Waals surface area contributed by atoms with Crippen LogP contribution in [0.4, 0.5) is 11.4 Å². The zero-order valence-electron chi connectivity index (χ0n) is 16.0. The fourth-order valence-electron chi connectivity index (χ4n) is 3.00. The highest BCUT2D eigenvalue weighted by Gasteiger charge is 2.23. The van der Waals surface area contributed by atoms with Gasteiger partial charge >= 0.3 is 0 Å². The topological polar surface area (TPSA) is 70.2 Å². The van der Waals surface area contributed by atoms with E-state index in [0.717, 1.165) is 35.3 Å². The van der Waals surface area contributed by atoms with Gasteiger partial charge in [-0.15, -0.1) is 0 Å². The molecule has 146 valence electrons. The molecule has 2 amide bonds. The molecule has 0 spiro atoms. The van der Waals surface area contributed by atoms with Crippen LogP contribution in [0.25, 0.3) is 11.1 Å². The highest BCUT2D eigenvalue weighted by atomic mass is 16.2. The smallest absolute Gasteiger partial charge is 0.251 e. The van der Waals surface area contributed by atoms with Gasteiger partial charge in [0.2, 0.25) is 5.91 Å². The maximum Gasteiger partial charge on any atom is 0.251 e. The van der Waals surface area contributed by atoms with Crippen LogP contribution in [-0.2, 0) is 4.79 Å². The maximum atomic E-state index is 12.2. The van der Waals surface area contributed by atoms with Crippen LogP contribution in [0.1, 0.15) is 23.2 Å². The van der Waals surface area contributed by atoms with Gasteiger partial charge in [0.15, 0.2) is 0 Å². The molecule has 1 aliphatic carbocycles. The summed E-state index contributed by atoms with van der Waals surface area (Å²) in [4.78, 5) is 24.2. The first-order valence-corrected chi connectivity index (χ1v) is 9.77. The van der Waals surface area contributed by atoms with Gasteiger partial charge in [-0.25, -0.2) is 0 Å². The Labute approximate surface area is 170 Å². The zero-order chi connectivity index (χ0) is 20.1. The van der Waals surface area contributed by atoms with E-state index in [0.29, 0.717) is 11.6 Å². The van der Waals surface area contributed by atoms with Crippen LogP contribution in [0.5, 0.6) is 0 Å². The summed E-state index contributed by atoms with van der Waals surface area (Å²) in [5.41, 5.74) is 4.42. The summed E-state index contributed by atoms with van der Waals surface area (Å²) in [6, 6.07) is 25.4. The second-order valence-corrected chi connectivity index (χ2v) is 7.17. The molecule has 0 saturated heterocycles. The molecule has 1 saturated carbocycles. The number of amides is 2. The number of rotatable bonds is 7. The summed E-state index contributed by atoms with van der Waals surface area (Å²) >= 11 is 0. The Morgan fingerprint density at radius 3 is 2.03 bits per heavy atom. The molecule has 3 N–H and O–H groups in total. The molecule has 0 unspecified atom stereocenters. The third kappa shape index (κ3) is 5.23. The second kappa shape index (κ2) is 8.61. The number of nitrogens with one attached hydrogen (secondary N) is 3. The fraction of sp³-hybridized carbons (Fsp3) is 0.167. The molecule has 0 aliphatic heterocycles. The van der Waals surface area contributed by atoms with E-state index in [4.69, 9.17) is 0 Å². The van der Waals surface area contributed by atoms with Gasteiger partial charge in [0, 0.05) is 23.0 Å². The molecule has 0 heterocycles. The van der Waals surface area contributed by atoms with Crippen molar-refractivity contribution in [3.63, 3.8) is 0 Å². The van der Waals surface area contributed by atoms with E-state index in [2.05, 4.69) is 28.1 Å². The highest BCUT2D eigenvalue weighted by Crippen LogP contribution is 2.21. The molecule has 0 atom stereocenters. The van der Waals surface area contributed by atoms with Gasteiger partial charge < -0.3 is 16.0 Å². The van der Waals surface area contributed by atoms with Crippen LogP contribution in [0, 0.1) is 0 Å². The van der Waals surface area contributed by atoms with Gasteiger partial charge in [0.1, 0.15) is 0 Å². The first-order valence-electron chi connectivity index (χ1n) is 9.77. The number of carbonyl (C=O) groups is 2. The van der Waals surface area contributed by atoms with Crippen molar-refractivity contribution < 1.29 is 9.59 Å². The number of hydrogen-bond acceptors (Lipinski definition) is 3. The molecule has 1 aliphatic rings. The van der Waals surface area contributed by atoms with E-state index in [1.165, 1.54) is 0 Å². The minimum absolute atomic E-state index is 0.0456. The molecule has 0 radical (unpaired) electrons. The minimum atomic E-state index is -0.131. The SMILES string of the molecule is O=C(CNc1ccc(C(=O)NC2CC2)cc1)Nc1ccc(-c2ccccc2)cc1. The van der Waals surface area contributed by atoms with Gasteiger partial charge in [0.05, 0.1) is 6.54 Å². The maximum absolute atomic E-state index is 12.2. The summed E-state index contributed by atoms with van der Waals surface area (Å²) in [6.45, 7) is 0.147. The summed E-state index contributed by atoms with van der Waals surface area (Å²) < 4.78 is 0. The Morgan fingerprint density at radius 1 is 0.759 bits per heavy atom. The fourth-order valence-corrected chi connectivity index (χ4v) is 3.00. The van der Waals surface area contributed by atoms with Crippen molar-refractivity contribution in [2.45, 2.75) is 18.9 Å². The number of benzene rings is 3. The molecule has 5 nitrogen and oxygen atoms in total.